The van der Waals surface area contributed by atoms with Gasteiger partial charge in [-0.2, -0.15) is 0 Å². The summed E-state index contributed by atoms with van der Waals surface area (Å²) in [5.74, 6) is 0.621. The van der Waals surface area contributed by atoms with E-state index in [-0.39, 0.29) is 0 Å². The Bertz CT molecular complexity index is 2460. The van der Waals surface area contributed by atoms with E-state index in [4.69, 9.17) is 8.83 Å². The molecule has 0 radical (unpaired) electrons. The van der Waals surface area contributed by atoms with E-state index in [1.807, 2.05) is 36.4 Å². The van der Waals surface area contributed by atoms with Gasteiger partial charge in [-0.3, -0.25) is 0 Å². The maximum Gasteiger partial charge on any atom is 0.227 e. The first-order valence-electron chi connectivity index (χ1n) is 15.7. The second-order valence-electron chi connectivity index (χ2n) is 11.6. The van der Waals surface area contributed by atoms with Crippen molar-refractivity contribution < 1.29 is 8.83 Å². The van der Waals surface area contributed by atoms with Gasteiger partial charge in [-0.25, -0.2) is 4.98 Å². The highest BCUT2D eigenvalue weighted by Gasteiger charge is 2.19. The predicted molar refractivity (Wildman–Crippen MR) is 192 cm³/mol. The minimum Gasteiger partial charge on any atom is -0.454 e. The molecule has 4 nitrogen and oxygen atoms in total. The summed E-state index contributed by atoms with van der Waals surface area (Å²) in [6.45, 7) is 0. The molecule has 0 aliphatic heterocycles. The van der Waals surface area contributed by atoms with Crippen LogP contribution in [0.1, 0.15) is 0 Å². The minimum absolute atomic E-state index is 0.621. The van der Waals surface area contributed by atoms with Gasteiger partial charge < -0.3 is 13.7 Å². The molecule has 9 rings (SSSR count). The molecule has 2 heterocycles. The quantitative estimate of drug-likeness (QED) is 0.189. The standard InChI is InChI=1S/C43H28N2O2/c1-3-10-29(11-4-1)30-22-25-35(26-23-30)45(34-12-5-2-6-13-34)39-16-9-14-37-36-27-24-33(28-41(36)46-42(37)39)31-18-20-32(21-19-31)43-44-38-15-7-8-17-40(38)47-43/h1-28H. The van der Waals surface area contributed by atoms with Crippen molar-refractivity contribution in [1.29, 1.82) is 0 Å². The Balaban J connectivity index is 1.10. The van der Waals surface area contributed by atoms with Crippen LogP contribution in [0.15, 0.2) is 179 Å². The summed E-state index contributed by atoms with van der Waals surface area (Å²) in [7, 11) is 0. The molecule has 0 fully saturated rings. The number of hydrogen-bond donors (Lipinski definition) is 0. The highest BCUT2D eigenvalue weighted by Crippen LogP contribution is 2.43. The Morgan fingerprint density at radius 2 is 1.02 bits per heavy atom. The second-order valence-corrected chi connectivity index (χ2v) is 11.6. The molecule has 0 bridgehead atoms. The van der Waals surface area contributed by atoms with E-state index in [1.54, 1.807) is 0 Å². The Morgan fingerprint density at radius 1 is 0.404 bits per heavy atom. The van der Waals surface area contributed by atoms with E-state index >= 15 is 0 Å². The van der Waals surface area contributed by atoms with Crippen LogP contribution in [0.3, 0.4) is 0 Å². The number of aromatic nitrogens is 1. The molecular formula is C43H28N2O2. The Morgan fingerprint density at radius 3 is 1.81 bits per heavy atom. The first-order valence-corrected chi connectivity index (χ1v) is 15.7. The van der Waals surface area contributed by atoms with Crippen LogP contribution in [0.25, 0.3) is 66.7 Å². The monoisotopic (exact) mass is 604 g/mol. The van der Waals surface area contributed by atoms with Gasteiger partial charge in [0.25, 0.3) is 0 Å². The van der Waals surface area contributed by atoms with E-state index in [0.717, 1.165) is 66.8 Å². The highest BCUT2D eigenvalue weighted by molar-refractivity contribution is 6.11. The van der Waals surface area contributed by atoms with Crippen molar-refractivity contribution >= 4 is 50.1 Å². The Labute approximate surface area is 271 Å². The molecule has 0 unspecified atom stereocenters. The van der Waals surface area contributed by atoms with E-state index < -0.39 is 0 Å². The lowest BCUT2D eigenvalue weighted by Crippen LogP contribution is -2.10. The summed E-state index contributed by atoms with van der Waals surface area (Å²) >= 11 is 0. The van der Waals surface area contributed by atoms with Crippen molar-refractivity contribution in [3.05, 3.63) is 170 Å². The molecule has 9 aromatic rings. The van der Waals surface area contributed by atoms with Crippen LogP contribution < -0.4 is 4.90 Å². The number of furan rings is 1. The van der Waals surface area contributed by atoms with Crippen LogP contribution >= 0.6 is 0 Å². The van der Waals surface area contributed by atoms with E-state index in [1.165, 1.54) is 11.1 Å². The third-order valence-electron chi connectivity index (χ3n) is 8.73. The van der Waals surface area contributed by atoms with Crippen molar-refractivity contribution in [3.63, 3.8) is 0 Å². The fourth-order valence-corrected chi connectivity index (χ4v) is 6.38. The van der Waals surface area contributed by atoms with Crippen molar-refractivity contribution in [2.75, 3.05) is 4.90 Å². The minimum atomic E-state index is 0.621. The lowest BCUT2D eigenvalue weighted by atomic mass is 10.0. The lowest BCUT2D eigenvalue weighted by Gasteiger charge is -2.25. The normalized spacial score (nSPS) is 11.4. The largest absolute Gasteiger partial charge is 0.454 e. The van der Waals surface area contributed by atoms with Gasteiger partial charge in [-0.15, -0.1) is 0 Å². The second kappa shape index (κ2) is 11.2. The summed E-state index contributed by atoms with van der Waals surface area (Å²) in [5, 5.41) is 2.17. The molecule has 0 N–H and O–H groups in total. The van der Waals surface area contributed by atoms with Gasteiger partial charge in [0.15, 0.2) is 11.2 Å². The number of rotatable bonds is 6. The van der Waals surface area contributed by atoms with Crippen molar-refractivity contribution in [3.8, 4) is 33.7 Å². The number of anilines is 3. The molecule has 222 valence electrons. The Kier molecular flexibility index (Phi) is 6.43. The van der Waals surface area contributed by atoms with E-state index in [9.17, 15) is 0 Å². The number of oxazole rings is 1. The third kappa shape index (κ3) is 4.84. The predicted octanol–water partition coefficient (Wildman–Crippen LogP) is 12.2. The average Bonchev–Trinajstić information content (AvgIpc) is 3.75. The van der Waals surface area contributed by atoms with Crippen molar-refractivity contribution in [1.82, 2.24) is 4.98 Å². The maximum absolute atomic E-state index is 6.72. The van der Waals surface area contributed by atoms with Crippen molar-refractivity contribution in [2.45, 2.75) is 0 Å². The van der Waals surface area contributed by atoms with Gasteiger partial charge in [0, 0.05) is 27.7 Å². The molecule has 2 aromatic heterocycles. The number of fused-ring (bicyclic) bond motifs is 4. The third-order valence-corrected chi connectivity index (χ3v) is 8.73. The smallest absolute Gasteiger partial charge is 0.227 e. The molecule has 0 saturated heterocycles. The number of nitrogens with zero attached hydrogens (tertiary/aromatic N) is 2. The van der Waals surface area contributed by atoms with Gasteiger partial charge in [0.1, 0.15) is 11.1 Å². The molecular weight excluding hydrogens is 576 g/mol. The summed E-state index contributed by atoms with van der Waals surface area (Å²) in [6.07, 6.45) is 0. The maximum atomic E-state index is 6.72. The van der Waals surface area contributed by atoms with Gasteiger partial charge in [-0.05, 0) is 89.0 Å². The summed E-state index contributed by atoms with van der Waals surface area (Å²) in [6, 6.07) is 58.6. The van der Waals surface area contributed by atoms with Crippen molar-refractivity contribution in [2.24, 2.45) is 0 Å². The molecule has 47 heavy (non-hydrogen) atoms. The zero-order valence-corrected chi connectivity index (χ0v) is 25.4. The van der Waals surface area contributed by atoms with E-state index in [2.05, 4.69) is 143 Å². The number of para-hydroxylation sites is 4. The first kappa shape index (κ1) is 27.0. The van der Waals surface area contributed by atoms with E-state index in [0.29, 0.717) is 5.89 Å². The topological polar surface area (TPSA) is 42.4 Å². The zero-order chi connectivity index (χ0) is 31.2. The highest BCUT2D eigenvalue weighted by atomic mass is 16.3. The Hall–Kier alpha value is -6.39. The first-order chi connectivity index (χ1) is 23.3. The van der Waals surface area contributed by atoms with Crippen LogP contribution in [0.2, 0.25) is 0 Å². The molecule has 0 spiro atoms. The van der Waals surface area contributed by atoms with Crippen LogP contribution in [0.5, 0.6) is 0 Å². The fourth-order valence-electron chi connectivity index (χ4n) is 6.38. The fraction of sp³-hybridized carbons (Fsp3) is 0. The van der Waals surface area contributed by atoms with Gasteiger partial charge in [-0.1, -0.05) is 103 Å². The van der Waals surface area contributed by atoms with Crippen LogP contribution in [0, 0.1) is 0 Å². The zero-order valence-electron chi connectivity index (χ0n) is 25.4. The van der Waals surface area contributed by atoms with Crippen LogP contribution in [0.4, 0.5) is 17.1 Å². The molecule has 0 atom stereocenters. The van der Waals surface area contributed by atoms with Gasteiger partial charge in [0.05, 0.1) is 5.69 Å². The molecule has 0 saturated carbocycles. The number of hydrogen-bond acceptors (Lipinski definition) is 4. The molecule has 7 aromatic carbocycles. The van der Waals surface area contributed by atoms with Crippen LogP contribution in [-0.2, 0) is 0 Å². The summed E-state index contributed by atoms with van der Waals surface area (Å²) in [5.41, 5.74) is 11.9. The average molecular weight is 605 g/mol. The molecule has 0 aliphatic carbocycles. The number of benzene rings is 7. The summed E-state index contributed by atoms with van der Waals surface area (Å²) < 4.78 is 12.7. The molecule has 4 heteroatoms. The van der Waals surface area contributed by atoms with Gasteiger partial charge in [0.2, 0.25) is 5.89 Å². The summed E-state index contributed by atoms with van der Waals surface area (Å²) in [4.78, 5) is 6.92. The molecule has 0 aliphatic rings. The SMILES string of the molecule is c1ccc(-c2ccc(N(c3ccccc3)c3cccc4c3oc3cc(-c5ccc(-c6nc7ccccc7o6)cc5)ccc34)cc2)cc1. The molecule has 0 amide bonds. The van der Waals surface area contributed by atoms with Crippen LogP contribution in [-0.4, -0.2) is 4.98 Å². The lowest BCUT2D eigenvalue weighted by molar-refractivity contribution is 0.620. The van der Waals surface area contributed by atoms with Gasteiger partial charge >= 0.3 is 0 Å².